The number of aliphatic carboxylic acids is 1. The third-order valence-electron chi connectivity index (χ3n) is 1.90. The Morgan fingerprint density at radius 1 is 1.67 bits per heavy atom. The van der Waals surface area contributed by atoms with Gasteiger partial charge < -0.3 is 15.3 Å². The van der Waals surface area contributed by atoms with Crippen molar-refractivity contribution >= 4 is 5.97 Å². The summed E-state index contributed by atoms with van der Waals surface area (Å²) in [6, 6.07) is 0. The number of carboxylic acids is 1. The number of rotatable bonds is 1. The molecule has 0 aliphatic heterocycles. The molecule has 0 fully saturated rings. The molecule has 2 atom stereocenters. The Kier molecular flexibility index (Phi) is 2.04. The highest BCUT2D eigenvalue weighted by Crippen LogP contribution is 2.23. The molecule has 3 N–H and O–H groups in total. The zero-order valence-electron chi connectivity index (χ0n) is 6.56. The largest absolute Gasteiger partial charge is 0.479 e. The smallest absolute Gasteiger partial charge is 0.342 e. The van der Waals surface area contributed by atoms with E-state index in [-0.39, 0.29) is 0 Å². The van der Waals surface area contributed by atoms with Crippen molar-refractivity contribution in [2.75, 3.05) is 0 Å². The molecule has 0 aromatic rings. The SMILES string of the molecule is CC1=CC=C[C@@](O)(C(=O)O)[C@@H]1O. The van der Waals surface area contributed by atoms with Gasteiger partial charge in [0.05, 0.1) is 0 Å². The fourth-order valence-corrected chi connectivity index (χ4v) is 1.06. The number of hydrogen-bond acceptors (Lipinski definition) is 3. The predicted molar refractivity (Wildman–Crippen MR) is 41.5 cm³/mol. The Morgan fingerprint density at radius 2 is 2.25 bits per heavy atom. The number of aliphatic hydroxyl groups excluding tert-OH is 1. The van der Waals surface area contributed by atoms with Gasteiger partial charge in [-0.15, -0.1) is 0 Å². The minimum Gasteiger partial charge on any atom is -0.479 e. The van der Waals surface area contributed by atoms with E-state index in [1.165, 1.54) is 6.08 Å². The minimum atomic E-state index is -2.17. The number of allylic oxidation sites excluding steroid dienone is 2. The molecule has 0 bridgehead atoms. The van der Waals surface area contributed by atoms with Gasteiger partial charge >= 0.3 is 5.97 Å². The maximum Gasteiger partial charge on any atom is 0.342 e. The molecule has 1 aliphatic rings. The van der Waals surface area contributed by atoms with E-state index in [1.807, 2.05) is 0 Å². The molecular weight excluding hydrogens is 160 g/mol. The van der Waals surface area contributed by atoms with Gasteiger partial charge in [-0.3, -0.25) is 0 Å². The summed E-state index contributed by atoms with van der Waals surface area (Å²) in [5.74, 6) is -1.45. The molecule has 0 aromatic heterocycles. The van der Waals surface area contributed by atoms with E-state index in [4.69, 9.17) is 5.11 Å². The second kappa shape index (κ2) is 2.73. The van der Waals surface area contributed by atoms with Gasteiger partial charge in [0.25, 0.3) is 0 Å². The van der Waals surface area contributed by atoms with Crippen LogP contribution in [0.1, 0.15) is 6.92 Å². The first kappa shape index (κ1) is 8.96. The quantitative estimate of drug-likeness (QED) is 0.504. The average molecular weight is 170 g/mol. The average Bonchev–Trinajstić information content (AvgIpc) is 2.00. The Labute approximate surface area is 69.5 Å². The normalized spacial score (nSPS) is 34.6. The van der Waals surface area contributed by atoms with Gasteiger partial charge in [0.1, 0.15) is 6.10 Å². The molecule has 0 saturated carbocycles. The molecule has 4 heteroatoms. The van der Waals surface area contributed by atoms with Gasteiger partial charge in [-0.25, -0.2) is 4.79 Å². The standard InChI is InChI=1S/C8H10O4/c1-5-3-2-4-8(12,6(5)9)7(10)11/h2-4,6,9,12H,1H3,(H,10,11)/t6-,8+/m1/s1. The van der Waals surface area contributed by atoms with Crippen LogP contribution in [0, 0.1) is 0 Å². The van der Waals surface area contributed by atoms with Crippen LogP contribution in [0.4, 0.5) is 0 Å². The van der Waals surface area contributed by atoms with Crippen molar-refractivity contribution in [3.8, 4) is 0 Å². The highest BCUT2D eigenvalue weighted by Gasteiger charge is 2.43. The first-order chi connectivity index (χ1) is 5.48. The molecule has 0 radical (unpaired) electrons. The number of aliphatic hydroxyl groups is 2. The lowest BCUT2D eigenvalue weighted by Gasteiger charge is -2.28. The summed E-state index contributed by atoms with van der Waals surface area (Å²) in [4.78, 5) is 10.5. The molecule has 0 heterocycles. The second-order valence-electron chi connectivity index (χ2n) is 2.80. The van der Waals surface area contributed by atoms with Crippen molar-refractivity contribution in [3.63, 3.8) is 0 Å². The van der Waals surface area contributed by atoms with Crippen LogP contribution < -0.4 is 0 Å². The Morgan fingerprint density at radius 3 is 2.67 bits per heavy atom. The van der Waals surface area contributed by atoms with E-state index in [2.05, 4.69) is 0 Å². The van der Waals surface area contributed by atoms with E-state index < -0.39 is 17.7 Å². The molecule has 66 valence electrons. The Bertz CT molecular complexity index is 266. The minimum absolute atomic E-state index is 0.433. The number of carbonyl (C=O) groups is 1. The van der Waals surface area contributed by atoms with Crippen molar-refractivity contribution in [3.05, 3.63) is 23.8 Å². The van der Waals surface area contributed by atoms with Gasteiger partial charge in [-0.05, 0) is 18.6 Å². The molecule has 0 spiro atoms. The van der Waals surface area contributed by atoms with Crippen LogP contribution in [0.5, 0.6) is 0 Å². The van der Waals surface area contributed by atoms with Crippen LogP contribution in [-0.2, 0) is 4.79 Å². The van der Waals surface area contributed by atoms with Gasteiger partial charge in [0.15, 0.2) is 0 Å². The van der Waals surface area contributed by atoms with Crippen LogP contribution in [0.15, 0.2) is 23.8 Å². The van der Waals surface area contributed by atoms with Crippen molar-refractivity contribution in [2.24, 2.45) is 0 Å². The fraction of sp³-hybridized carbons (Fsp3) is 0.375. The van der Waals surface area contributed by atoms with Crippen molar-refractivity contribution in [2.45, 2.75) is 18.6 Å². The van der Waals surface area contributed by atoms with E-state index in [1.54, 1.807) is 13.0 Å². The summed E-state index contributed by atoms with van der Waals surface area (Å²) in [5, 5.41) is 27.3. The summed E-state index contributed by atoms with van der Waals surface area (Å²) in [5.41, 5.74) is -1.74. The topological polar surface area (TPSA) is 77.8 Å². The van der Waals surface area contributed by atoms with Crippen molar-refractivity contribution in [1.82, 2.24) is 0 Å². The third kappa shape index (κ3) is 1.15. The Hall–Kier alpha value is -1.13. The third-order valence-corrected chi connectivity index (χ3v) is 1.90. The number of hydrogen-bond donors (Lipinski definition) is 3. The summed E-state index contributed by atoms with van der Waals surface area (Å²) >= 11 is 0. The Balaban J connectivity index is 3.03. The van der Waals surface area contributed by atoms with Crippen LogP contribution >= 0.6 is 0 Å². The molecule has 0 aromatic carbocycles. The first-order valence-electron chi connectivity index (χ1n) is 3.48. The van der Waals surface area contributed by atoms with Crippen LogP contribution in [0.3, 0.4) is 0 Å². The zero-order chi connectivity index (χ0) is 9.35. The molecule has 1 rings (SSSR count). The maximum atomic E-state index is 10.5. The summed E-state index contributed by atoms with van der Waals surface area (Å²) < 4.78 is 0. The summed E-state index contributed by atoms with van der Waals surface area (Å²) in [6.07, 6.45) is 2.67. The maximum absolute atomic E-state index is 10.5. The number of carboxylic acid groups (broad SMARTS) is 1. The lowest BCUT2D eigenvalue weighted by Crippen LogP contribution is -2.49. The van der Waals surface area contributed by atoms with Gasteiger partial charge in [0.2, 0.25) is 5.60 Å². The summed E-state index contributed by atoms with van der Waals surface area (Å²) in [7, 11) is 0. The van der Waals surface area contributed by atoms with Gasteiger partial charge in [0, 0.05) is 0 Å². The first-order valence-corrected chi connectivity index (χ1v) is 3.48. The van der Waals surface area contributed by atoms with Gasteiger partial charge in [-0.2, -0.15) is 0 Å². The molecule has 0 saturated heterocycles. The molecule has 0 unspecified atom stereocenters. The van der Waals surface area contributed by atoms with Crippen molar-refractivity contribution in [1.29, 1.82) is 0 Å². The molecule has 0 amide bonds. The highest BCUT2D eigenvalue weighted by atomic mass is 16.4. The van der Waals surface area contributed by atoms with Crippen molar-refractivity contribution < 1.29 is 20.1 Å². The summed E-state index contributed by atoms with van der Waals surface area (Å²) in [6.45, 7) is 1.56. The van der Waals surface area contributed by atoms with E-state index in [0.717, 1.165) is 6.08 Å². The molecule has 1 aliphatic carbocycles. The molecule has 4 nitrogen and oxygen atoms in total. The zero-order valence-corrected chi connectivity index (χ0v) is 6.56. The van der Waals surface area contributed by atoms with Crippen LogP contribution in [-0.4, -0.2) is 33.0 Å². The monoisotopic (exact) mass is 170 g/mol. The van der Waals surface area contributed by atoms with Crippen LogP contribution in [0.2, 0.25) is 0 Å². The van der Waals surface area contributed by atoms with Gasteiger partial charge in [-0.1, -0.05) is 12.2 Å². The predicted octanol–water partition coefficient (Wildman–Crippen LogP) is -0.321. The van der Waals surface area contributed by atoms with E-state index >= 15 is 0 Å². The van der Waals surface area contributed by atoms with E-state index in [0.29, 0.717) is 5.57 Å². The van der Waals surface area contributed by atoms with E-state index in [9.17, 15) is 15.0 Å². The highest BCUT2D eigenvalue weighted by molar-refractivity contribution is 5.82. The fourth-order valence-electron chi connectivity index (χ4n) is 1.06. The lowest BCUT2D eigenvalue weighted by atomic mass is 9.87. The molecule has 12 heavy (non-hydrogen) atoms. The lowest BCUT2D eigenvalue weighted by molar-refractivity contribution is -0.161. The second-order valence-corrected chi connectivity index (χ2v) is 2.80. The molecular formula is C8H10O4. The van der Waals surface area contributed by atoms with Crippen LogP contribution in [0.25, 0.3) is 0 Å².